The zero-order chi connectivity index (χ0) is 9.40. The molecule has 0 saturated heterocycles. The molecule has 74 valence electrons. The van der Waals surface area contributed by atoms with Gasteiger partial charge in [-0.05, 0) is 12.8 Å². The van der Waals surface area contributed by atoms with Crippen molar-refractivity contribution < 1.29 is 10.2 Å². The van der Waals surface area contributed by atoms with Crippen molar-refractivity contribution in [3.63, 3.8) is 0 Å². The number of hydrogen-bond donors (Lipinski definition) is 2. The second kappa shape index (κ2) is 8.11. The molecule has 4 heteroatoms. The first kappa shape index (κ1) is 12.5. The van der Waals surface area contributed by atoms with Gasteiger partial charge in [0.15, 0.2) is 6.29 Å². The molecule has 0 fully saturated rings. The van der Waals surface area contributed by atoms with Gasteiger partial charge < -0.3 is 10.2 Å². The maximum atomic E-state index is 8.63. The highest BCUT2D eigenvalue weighted by atomic mass is 35.5. The lowest BCUT2D eigenvalue weighted by atomic mass is 10.1. The van der Waals surface area contributed by atoms with Crippen LogP contribution in [0.3, 0.4) is 0 Å². The Morgan fingerprint density at radius 3 is 2.08 bits per heavy atom. The number of hydrogen-bond acceptors (Lipinski definition) is 2. The van der Waals surface area contributed by atoms with Crippen molar-refractivity contribution in [3.05, 3.63) is 0 Å². The number of alkyl halides is 2. The van der Waals surface area contributed by atoms with E-state index in [0.717, 1.165) is 25.7 Å². The van der Waals surface area contributed by atoms with Crippen LogP contribution < -0.4 is 0 Å². The number of unbranched alkanes of at least 4 members (excludes halogenated alkanes) is 3. The first-order valence-corrected chi connectivity index (χ1v) is 5.21. The van der Waals surface area contributed by atoms with Crippen molar-refractivity contribution in [2.24, 2.45) is 0 Å². The molecule has 0 bridgehead atoms. The average Bonchev–Trinajstić information content (AvgIpc) is 2.03. The van der Waals surface area contributed by atoms with Crippen molar-refractivity contribution in [2.45, 2.75) is 43.8 Å². The quantitative estimate of drug-likeness (QED) is 0.388. The van der Waals surface area contributed by atoms with E-state index in [2.05, 4.69) is 0 Å². The van der Waals surface area contributed by atoms with E-state index < -0.39 is 11.7 Å². The fraction of sp³-hybridized carbons (Fsp3) is 1.00. The molecule has 2 nitrogen and oxygen atoms in total. The van der Waals surface area contributed by atoms with Crippen molar-refractivity contribution in [2.75, 3.05) is 5.88 Å². The van der Waals surface area contributed by atoms with Crippen LogP contribution in [0.5, 0.6) is 0 Å². The Hall–Kier alpha value is 0.500. The average molecular weight is 215 g/mol. The molecule has 0 aliphatic carbocycles. The van der Waals surface area contributed by atoms with Gasteiger partial charge in [0.25, 0.3) is 0 Å². The fourth-order valence-corrected chi connectivity index (χ4v) is 1.28. The van der Waals surface area contributed by atoms with Crippen molar-refractivity contribution in [3.8, 4) is 0 Å². The second-order valence-corrected chi connectivity index (χ2v) is 3.76. The maximum Gasteiger partial charge on any atom is 0.168 e. The highest BCUT2D eigenvalue weighted by molar-refractivity contribution is 6.20. The van der Waals surface area contributed by atoms with Crippen LogP contribution in [0.1, 0.15) is 32.1 Å². The first-order chi connectivity index (χ1) is 5.68. The third-order valence-corrected chi connectivity index (χ3v) is 2.40. The number of aliphatic hydroxyl groups is 2. The smallest absolute Gasteiger partial charge is 0.168 e. The summed E-state index contributed by atoms with van der Waals surface area (Å²) < 4.78 is 0. The van der Waals surface area contributed by atoms with Gasteiger partial charge in [0.05, 0.1) is 5.38 Å². The van der Waals surface area contributed by atoms with Crippen molar-refractivity contribution in [1.29, 1.82) is 0 Å². The molecule has 0 aromatic heterocycles. The molecule has 2 N–H and O–H groups in total. The molecule has 0 saturated carbocycles. The Morgan fingerprint density at radius 2 is 1.58 bits per heavy atom. The minimum Gasteiger partial charge on any atom is -0.367 e. The highest BCUT2D eigenvalue weighted by Gasteiger charge is 2.11. The molecule has 0 amide bonds. The number of aliphatic hydroxyl groups excluding tert-OH is 1. The predicted molar refractivity (Wildman–Crippen MR) is 51.7 cm³/mol. The zero-order valence-electron chi connectivity index (χ0n) is 7.05. The third kappa shape index (κ3) is 7.17. The van der Waals surface area contributed by atoms with E-state index >= 15 is 0 Å². The molecular weight excluding hydrogens is 199 g/mol. The van der Waals surface area contributed by atoms with Gasteiger partial charge in [-0.1, -0.05) is 19.3 Å². The molecule has 1 atom stereocenters. The van der Waals surface area contributed by atoms with Gasteiger partial charge in [0.2, 0.25) is 0 Å². The zero-order valence-corrected chi connectivity index (χ0v) is 8.56. The van der Waals surface area contributed by atoms with Gasteiger partial charge in [-0.15, -0.1) is 23.2 Å². The fourth-order valence-electron chi connectivity index (χ4n) is 0.936. The molecule has 1 unspecified atom stereocenters. The molecule has 12 heavy (non-hydrogen) atoms. The molecule has 0 radical (unpaired) electrons. The Bertz CT molecular complexity index is 99.1. The lowest BCUT2D eigenvalue weighted by molar-refractivity contribution is -0.0432. The van der Waals surface area contributed by atoms with Gasteiger partial charge in [-0.25, -0.2) is 0 Å². The summed E-state index contributed by atoms with van der Waals surface area (Å²) in [5.41, 5.74) is 0. The van der Waals surface area contributed by atoms with Gasteiger partial charge in [0, 0.05) is 5.88 Å². The Kier molecular flexibility index (Phi) is 8.45. The van der Waals surface area contributed by atoms with E-state index in [0.29, 0.717) is 12.3 Å². The molecular formula is C8H16Cl2O2. The van der Waals surface area contributed by atoms with Crippen molar-refractivity contribution >= 4 is 23.2 Å². The van der Waals surface area contributed by atoms with Crippen LogP contribution in [0, 0.1) is 0 Å². The van der Waals surface area contributed by atoms with Gasteiger partial charge in [-0.2, -0.15) is 0 Å². The minimum absolute atomic E-state index is 0.527. The Morgan fingerprint density at radius 1 is 1.00 bits per heavy atom. The SMILES string of the molecule is OC(O)C(Cl)CCCCCCCl. The normalized spacial score (nSPS) is 13.8. The highest BCUT2D eigenvalue weighted by Crippen LogP contribution is 2.12. The summed E-state index contributed by atoms with van der Waals surface area (Å²) in [5, 5.41) is 16.7. The summed E-state index contributed by atoms with van der Waals surface area (Å²) in [6, 6.07) is 0. The molecule has 0 rings (SSSR count). The van der Waals surface area contributed by atoms with E-state index in [1.165, 1.54) is 0 Å². The van der Waals surface area contributed by atoms with Crippen LogP contribution in [0.15, 0.2) is 0 Å². The summed E-state index contributed by atoms with van der Waals surface area (Å²) in [6.07, 6.45) is 3.37. The van der Waals surface area contributed by atoms with Gasteiger partial charge >= 0.3 is 0 Å². The van der Waals surface area contributed by atoms with Gasteiger partial charge in [-0.3, -0.25) is 0 Å². The molecule has 0 aromatic carbocycles. The van der Waals surface area contributed by atoms with E-state index in [1.54, 1.807) is 0 Å². The van der Waals surface area contributed by atoms with Crippen LogP contribution >= 0.6 is 23.2 Å². The molecule has 0 aromatic rings. The van der Waals surface area contributed by atoms with Gasteiger partial charge in [0.1, 0.15) is 0 Å². The summed E-state index contributed by atoms with van der Waals surface area (Å²) in [5.74, 6) is 0.701. The summed E-state index contributed by atoms with van der Waals surface area (Å²) in [7, 11) is 0. The van der Waals surface area contributed by atoms with Crippen LogP contribution in [0.25, 0.3) is 0 Å². The Balaban J connectivity index is 3.08. The minimum atomic E-state index is -1.39. The third-order valence-electron chi connectivity index (χ3n) is 1.69. The standard InChI is InChI=1S/C8H16Cl2O2/c9-6-4-2-1-3-5-7(10)8(11)12/h7-8,11-12H,1-6H2. The largest absolute Gasteiger partial charge is 0.367 e. The van der Waals surface area contributed by atoms with Crippen LogP contribution in [-0.4, -0.2) is 27.8 Å². The lowest BCUT2D eigenvalue weighted by Gasteiger charge is -2.10. The molecule has 0 heterocycles. The van der Waals surface area contributed by atoms with E-state index in [9.17, 15) is 0 Å². The molecule has 0 aliphatic heterocycles. The number of halogens is 2. The predicted octanol–water partition coefficient (Wildman–Crippen LogP) is 2.09. The lowest BCUT2D eigenvalue weighted by Crippen LogP contribution is -2.19. The van der Waals surface area contributed by atoms with Crippen LogP contribution in [0.4, 0.5) is 0 Å². The maximum absolute atomic E-state index is 8.63. The number of rotatable bonds is 7. The Labute approximate surface area is 83.5 Å². The molecule has 0 spiro atoms. The molecule has 0 aliphatic rings. The van der Waals surface area contributed by atoms with Crippen molar-refractivity contribution in [1.82, 2.24) is 0 Å². The second-order valence-electron chi connectivity index (χ2n) is 2.82. The van der Waals surface area contributed by atoms with E-state index in [-0.39, 0.29) is 0 Å². The van der Waals surface area contributed by atoms with E-state index in [4.69, 9.17) is 33.4 Å². The topological polar surface area (TPSA) is 40.5 Å². The summed E-state index contributed by atoms with van der Waals surface area (Å²) in [4.78, 5) is 0. The first-order valence-electron chi connectivity index (χ1n) is 4.24. The van der Waals surface area contributed by atoms with E-state index in [1.807, 2.05) is 0 Å². The summed E-state index contributed by atoms with van der Waals surface area (Å²) >= 11 is 11.1. The monoisotopic (exact) mass is 214 g/mol. The summed E-state index contributed by atoms with van der Waals surface area (Å²) in [6.45, 7) is 0. The van der Waals surface area contributed by atoms with Crippen LogP contribution in [0.2, 0.25) is 0 Å². The van der Waals surface area contributed by atoms with Crippen LogP contribution in [-0.2, 0) is 0 Å².